The van der Waals surface area contributed by atoms with Gasteiger partial charge >= 0.3 is 0 Å². The lowest BCUT2D eigenvalue weighted by Crippen LogP contribution is -2.25. The Bertz CT molecular complexity index is 655. The predicted octanol–water partition coefficient (Wildman–Crippen LogP) is 8.67. The zero-order chi connectivity index (χ0) is 21.6. The van der Waals surface area contributed by atoms with Crippen molar-refractivity contribution in [3.63, 3.8) is 0 Å². The molecule has 3 aliphatic rings. The van der Waals surface area contributed by atoms with Gasteiger partial charge in [-0.2, -0.15) is 0 Å². The predicted molar refractivity (Wildman–Crippen MR) is 133 cm³/mol. The molecular weight excluding hydrogens is 376 g/mol. The standard InChI is InChI=1S/C30H48O/c1-3-4-5-6-23-7-9-24(10-8-23)25-11-13-27(14-12-25)30-20-17-28(21-22(30)2)26-15-18-29(31)19-16-26/h17,20-21,23-27,29,31H,3-16,18-19H2,1-2H3. The van der Waals surface area contributed by atoms with Crippen LogP contribution in [-0.4, -0.2) is 11.2 Å². The van der Waals surface area contributed by atoms with Gasteiger partial charge in [0.25, 0.3) is 0 Å². The maximum Gasteiger partial charge on any atom is 0.0540 e. The molecule has 1 heteroatoms. The highest BCUT2D eigenvalue weighted by molar-refractivity contribution is 5.35. The molecule has 0 aliphatic heterocycles. The molecule has 0 aromatic heterocycles. The molecule has 0 spiro atoms. The molecule has 0 unspecified atom stereocenters. The number of aliphatic hydroxyl groups is 1. The Labute approximate surface area is 192 Å². The lowest BCUT2D eigenvalue weighted by molar-refractivity contribution is 0.122. The second kappa shape index (κ2) is 11.4. The van der Waals surface area contributed by atoms with E-state index in [2.05, 4.69) is 32.0 Å². The fourth-order valence-corrected chi connectivity index (χ4v) is 7.35. The molecule has 1 N–H and O–H groups in total. The number of unbranched alkanes of at least 4 members (excludes halogenated alkanes) is 2. The van der Waals surface area contributed by atoms with Crippen LogP contribution in [0, 0.1) is 24.7 Å². The smallest absolute Gasteiger partial charge is 0.0540 e. The van der Waals surface area contributed by atoms with Crippen LogP contribution < -0.4 is 0 Å². The Balaban J connectivity index is 1.24. The SMILES string of the molecule is CCCCCC1CCC(C2CCC(c3ccc(C4CCC(O)CC4)cc3C)CC2)CC1. The third kappa shape index (κ3) is 6.16. The van der Waals surface area contributed by atoms with E-state index in [0.717, 1.165) is 49.4 Å². The Morgan fingerprint density at radius 2 is 1.35 bits per heavy atom. The Hall–Kier alpha value is -0.820. The van der Waals surface area contributed by atoms with Crippen molar-refractivity contribution in [3.05, 3.63) is 34.9 Å². The molecule has 0 atom stereocenters. The minimum absolute atomic E-state index is 0.0529. The van der Waals surface area contributed by atoms with E-state index in [9.17, 15) is 5.11 Å². The van der Waals surface area contributed by atoms with E-state index >= 15 is 0 Å². The molecule has 1 aromatic carbocycles. The molecule has 1 nitrogen and oxygen atoms in total. The van der Waals surface area contributed by atoms with Gasteiger partial charge in [-0.3, -0.25) is 0 Å². The molecule has 0 amide bonds. The van der Waals surface area contributed by atoms with Gasteiger partial charge in [-0.25, -0.2) is 0 Å². The van der Waals surface area contributed by atoms with Gasteiger partial charge in [0.2, 0.25) is 0 Å². The summed E-state index contributed by atoms with van der Waals surface area (Å²) in [4.78, 5) is 0. The first-order valence-electron chi connectivity index (χ1n) is 13.9. The van der Waals surface area contributed by atoms with Crippen LogP contribution in [0.2, 0.25) is 0 Å². The molecule has 3 fully saturated rings. The summed E-state index contributed by atoms with van der Waals surface area (Å²) in [5, 5.41) is 9.81. The van der Waals surface area contributed by atoms with Gasteiger partial charge in [-0.1, -0.05) is 63.6 Å². The van der Waals surface area contributed by atoms with Gasteiger partial charge in [0, 0.05) is 0 Å². The van der Waals surface area contributed by atoms with E-state index in [1.165, 1.54) is 88.2 Å². The summed E-state index contributed by atoms with van der Waals surface area (Å²) in [6, 6.07) is 7.39. The maximum absolute atomic E-state index is 9.81. The van der Waals surface area contributed by atoms with Crippen LogP contribution in [-0.2, 0) is 0 Å². The zero-order valence-electron chi connectivity index (χ0n) is 20.5. The lowest BCUT2D eigenvalue weighted by Gasteiger charge is -2.38. The highest BCUT2D eigenvalue weighted by Gasteiger charge is 2.31. The van der Waals surface area contributed by atoms with Crippen molar-refractivity contribution in [2.45, 2.75) is 135 Å². The lowest BCUT2D eigenvalue weighted by atomic mass is 9.67. The first kappa shape index (κ1) is 23.3. The highest BCUT2D eigenvalue weighted by atomic mass is 16.3. The molecule has 0 radical (unpaired) electrons. The van der Waals surface area contributed by atoms with Gasteiger partial charge in [-0.05, 0) is 117 Å². The normalized spacial score (nSPS) is 34.5. The van der Waals surface area contributed by atoms with Gasteiger partial charge in [0.15, 0.2) is 0 Å². The van der Waals surface area contributed by atoms with E-state index in [-0.39, 0.29) is 6.10 Å². The Morgan fingerprint density at radius 3 is 1.97 bits per heavy atom. The van der Waals surface area contributed by atoms with Crippen molar-refractivity contribution in [2.75, 3.05) is 0 Å². The van der Waals surface area contributed by atoms with Crippen LogP contribution in [0.4, 0.5) is 0 Å². The summed E-state index contributed by atoms with van der Waals surface area (Å²) >= 11 is 0. The number of aliphatic hydroxyl groups excluding tert-OH is 1. The largest absolute Gasteiger partial charge is 0.393 e. The maximum atomic E-state index is 9.81. The summed E-state index contributed by atoms with van der Waals surface area (Å²) in [5.41, 5.74) is 4.69. The van der Waals surface area contributed by atoms with Crippen LogP contribution in [0.1, 0.15) is 138 Å². The van der Waals surface area contributed by atoms with Crippen molar-refractivity contribution in [1.29, 1.82) is 0 Å². The van der Waals surface area contributed by atoms with Crippen molar-refractivity contribution in [3.8, 4) is 0 Å². The van der Waals surface area contributed by atoms with Gasteiger partial charge in [0.1, 0.15) is 0 Å². The molecule has 0 heterocycles. The Kier molecular flexibility index (Phi) is 8.55. The highest BCUT2D eigenvalue weighted by Crippen LogP contribution is 2.45. The molecule has 3 saturated carbocycles. The van der Waals surface area contributed by atoms with E-state index in [1.54, 1.807) is 5.56 Å². The quantitative estimate of drug-likeness (QED) is 0.434. The van der Waals surface area contributed by atoms with E-state index in [0.29, 0.717) is 5.92 Å². The van der Waals surface area contributed by atoms with Crippen LogP contribution in [0.15, 0.2) is 18.2 Å². The van der Waals surface area contributed by atoms with Crippen LogP contribution >= 0.6 is 0 Å². The average Bonchev–Trinajstić information content (AvgIpc) is 2.80. The van der Waals surface area contributed by atoms with Gasteiger partial charge in [-0.15, -0.1) is 0 Å². The minimum atomic E-state index is -0.0529. The number of hydrogen-bond donors (Lipinski definition) is 1. The van der Waals surface area contributed by atoms with Crippen LogP contribution in [0.5, 0.6) is 0 Å². The van der Waals surface area contributed by atoms with E-state index in [4.69, 9.17) is 0 Å². The summed E-state index contributed by atoms with van der Waals surface area (Å²) in [7, 11) is 0. The molecule has 174 valence electrons. The molecule has 31 heavy (non-hydrogen) atoms. The monoisotopic (exact) mass is 424 g/mol. The van der Waals surface area contributed by atoms with Crippen molar-refractivity contribution < 1.29 is 5.11 Å². The van der Waals surface area contributed by atoms with Gasteiger partial charge in [0.05, 0.1) is 6.10 Å². The molecule has 3 aliphatic carbocycles. The fraction of sp³-hybridized carbons (Fsp3) is 0.800. The third-order valence-corrected chi connectivity index (χ3v) is 9.45. The number of rotatable bonds is 7. The second-order valence-electron chi connectivity index (χ2n) is 11.5. The van der Waals surface area contributed by atoms with E-state index < -0.39 is 0 Å². The average molecular weight is 425 g/mol. The van der Waals surface area contributed by atoms with Crippen LogP contribution in [0.3, 0.4) is 0 Å². The fourth-order valence-electron chi connectivity index (χ4n) is 7.35. The number of benzene rings is 1. The summed E-state index contributed by atoms with van der Waals surface area (Å²) in [6.45, 7) is 4.67. The molecule has 0 bridgehead atoms. The van der Waals surface area contributed by atoms with Crippen molar-refractivity contribution in [2.24, 2.45) is 17.8 Å². The number of hydrogen-bond acceptors (Lipinski definition) is 1. The van der Waals surface area contributed by atoms with E-state index in [1.807, 2.05) is 0 Å². The van der Waals surface area contributed by atoms with Gasteiger partial charge < -0.3 is 5.11 Å². The summed E-state index contributed by atoms with van der Waals surface area (Å²) in [5.74, 6) is 4.56. The second-order valence-corrected chi connectivity index (χ2v) is 11.5. The third-order valence-electron chi connectivity index (χ3n) is 9.45. The van der Waals surface area contributed by atoms with Crippen molar-refractivity contribution in [1.82, 2.24) is 0 Å². The number of aryl methyl sites for hydroxylation is 1. The summed E-state index contributed by atoms with van der Waals surface area (Å²) in [6.07, 6.45) is 21.9. The molecule has 4 rings (SSSR count). The molecule has 0 saturated heterocycles. The zero-order valence-corrected chi connectivity index (χ0v) is 20.5. The topological polar surface area (TPSA) is 20.2 Å². The first-order valence-corrected chi connectivity index (χ1v) is 13.9. The Morgan fingerprint density at radius 1 is 0.742 bits per heavy atom. The first-order chi connectivity index (χ1) is 15.1. The summed E-state index contributed by atoms with van der Waals surface area (Å²) < 4.78 is 0. The minimum Gasteiger partial charge on any atom is -0.393 e. The van der Waals surface area contributed by atoms with Crippen LogP contribution in [0.25, 0.3) is 0 Å². The molecular formula is C30H48O. The molecule has 1 aromatic rings. The van der Waals surface area contributed by atoms with Crippen molar-refractivity contribution >= 4 is 0 Å².